The Morgan fingerprint density at radius 3 is 2.05 bits per heavy atom. The van der Waals surface area contributed by atoms with E-state index in [0.717, 1.165) is 11.1 Å². The van der Waals surface area contributed by atoms with Gasteiger partial charge in [0.25, 0.3) is 0 Å². The van der Waals surface area contributed by atoms with Gasteiger partial charge in [-0.2, -0.15) is 0 Å². The van der Waals surface area contributed by atoms with E-state index in [-0.39, 0.29) is 16.6 Å². The van der Waals surface area contributed by atoms with Crippen LogP contribution in [0, 0.1) is 0 Å². The summed E-state index contributed by atoms with van der Waals surface area (Å²) >= 11 is 0. The van der Waals surface area contributed by atoms with Crippen LogP contribution in [0.1, 0.15) is 58.2 Å². The maximum absolute atomic E-state index is 10.9. The Morgan fingerprint density at radius 2 is 1.65 bits per heavy atom. The van der Waals surface area contributed by atoms with Crippen molar-refractivity contribution in [3.8, 4) is 5.75 Å². The normalized spacial score (nSPS) is 12.9. The van der Waals surface area contributed by atoms with Crippen LogP contribution in [0.5, 0.6) is 5.75 Å². The molecule has 1 aromatic carbocycles. The van der Waals surface area contributed by atoms with Gasteiger partial charge in [0, 0.05) is 17.2 Å². The number of benzene rings is 1. The van der Waals surface area contributed by atoms with E-state index in [0.29, 0.717) is 5.56 Å². The van der Waals surface area contributed by atoms with Crippen LogP contribution in [-0.2, 0) is 15.6 Å². The van der Waals surface area contributed by atoms with Crippen molar-refractivity contribution < 1.29 is 9.90 Å². The third kappa shape index (κ3) is 3.86. The van der Waals surface area contributed by atoms with E-state index in [1.807, 2.05) is 12.1 Å². The zero-order valence-electron chi connectivity index (χ0n) is 13.2. The Morgan fingerprint density at radius 1 is 1.10 bits per heavy atom. The molecule has 0 aromatic heterocycles. The number of phenols is 1. The number of aromatic hydroxyl groups is 1. The second kappa shape index (κ2) is 5.31. The molecule has 0 bridgehead atoms. The highest BCUT2D eigenvalue weighted by Crippen LogP contribution is 2.38. The van der Waals surface area contributed by atoms with E-state index in [1.54, 1.807) is 6.08 Å². The topological polar surface area (TPSA) is 63.3 Å². The van der Waals surface area contributed by atoms with E-state index < -0.39 is 5.91 Å². The molecular formula is C17H25NO2. The van der Waals surface area contributed by atoms with Crippen molar-refractivity contribution in [3.63, 3.8) is 0 Å². The summed E-state index contributed by atoms with van der Waals surface area (Å²) in [4.78, 5) is 10.9. The van der Waals surface area contributed by atoms with Gasteiger partial charge in [-0.05, 0) is 28.5 Å². The van der Waals surface area contributed by atoms with Gasteiger partial charge in [0.05, 0.1) is 0 Å². The molecular weight excluding hydrogens is 250 g/mol. The summed E-state index contributed by atoms with van der Waals surface area (Å²) in [6.07, 6.45) is 2.84. The largest absolute Gasteiger partial charge is 0.507 e. The number of amides is 1. The van der Waals surface area contributed by atoms with E-state index in [9.17, 15) is 9.90 Å². The van der Waals surface area contributed by atoms with Crippen molar-refractivity contribution in [2.24, 2.45) is 5.73 Å². The van der Waals surface area contributed by atoms with Gasteiger partial charge in [-0.3, -0.25) is 4.79 Å². The number of carbonyl (C=O) groups is 1. The molecule has 0 aliphatic heterocycles. The van der Waals surface area contributed by atoms with Crippen molar-refractivity contribution in [3.05, 3.63) is 34.9 Å². The average molecular weight is 275 g/mol. The highest BCUT2D eigenvalue weighted by atomic mass is 16.3. The fraction of sp³-hybridized carbons (Fsp3) is 0.471. The molecule has 0 atom stereocenters. The molecule has 110 valence electrons. The Bertz CT molecular complexity index is 543. The predicted octanol–water partition coefficient (Wildman–Crippen LogP) is 3.49. The minimum absolute atomic E-state index is 0.0387. The molecule has 0 aliphatic rings. The monoisotopic (exact) mass is 275 g/mol. The maximum Gasteiger partial charge on any atom is 0.241 e. The SMILES string of the molecule is CC(C)(C)c1cc(/C=C\C(N)=O)c(O)c(C(C)(C)C)c1. The average Bonchev–Trinajstić information content (AvgIpc) is 2.24. The van der Waals surface area contributed by atoms with Gasteiger partial charge in [0.2, 0.25) is 5.91 Å². The first kappa shape index (κ1) is 16.3. The minimum Gasteiger partial charge on any atom is -0.507 e. The highest BCUT2D eigenvalue weighted by Gasteiger charge is 2.24. The Balaban J connectivity index is 3.55. The molecule has 3 N–H and O–H groups in total. The van der Waals surface area contributed by atoms with Gasteiger partial charge in [0.1, 0.15) is 5.75 Å². The number of primary amides is 1. The number of hydrogen-bond donors (Lipinski definition) is 2. The quantitative estimate of drug-likeness (QED) is 0.812. The number of rotatable bonds is 2. The summed E-state index contributed by atoms with van der Waals surface area (Å²) in [6.45, 7) is 12.5. The number of hydrogen-bond acceptors (Lipinski definition) is 2. The van der Waals surface area contributed by atoms with Crippen molar-refractivity contribution in [1.29, 1.82) is 0 Å². The second-order valence-corrected chi connectivity index (χ2v) is 7.20. The molecule has 3 nitrogen and oxygen atoms in total. The number of carbonyl (C=O) groups excluding carboxylic acids is 1. The fourth-order valence-electron chi connectivity index (χ4n) is 1.96. The lowest BCUT2D eigenvalue weighted by Gasteiger charge is -2.27. The van der Waals surface area contributed by atoms with Crippen molar-refractivity contribution in [1.82, 2.24) is 0 Å². The molecule has 0 fully saturated rings. The van der Waals surface area contributed by atoms with Crippen LogP contribution in [-0.4, -0.2) is 11.0 Å². The van der Waals surface area contributed by atoms with Crippen LogP contribution in [0.25, 0.3) is 6.08 Å². The molecule has 0 saturated heterocycles. The van der Waals surface area contributed by atoms with Gasteiger partial charge in [-0.1, -0.05) is 47.6 Å². The van der Waals surface area contributed by atoms with E-state index in [1.165, 1.54) is 6.08 Å². The lowest BCUT2D eigenvalue weighted by atomic mass is 9.79. The van der Waals surface area contributed by atoms with Gasteiger partial charge in [-0.25, -0.2) is 0 Å². The summed E-state index contributed by atoms with van der Waals surface area (Å²) in [7, 11) is 0. The van der Waals surface area contributed by atoms with E-state index in [2.05, 4.69) is 41.5 Å². The molecule has 1 aromatic rings. The number of phenolic OH excluding ortho intramolecular Hbond substituents is 1. The summed E-state index contributed by atoms with van der Waals surface area (Å²) in [5.74, 6) is -0.314. The lowest BCUT2D eigenvalue weighted by Crippen LogP contribution is -2.17. The Labute approximate surface area is 121 Å². The minimum atomic E-state index is -0.525. The van der Waals surface area contributed by atoms with Crippen LogP contribution in [0.2, 0.25) is 0 Å². The van der Waals surface area contributed by atoms with Crippen molar-refractivity contribution in [2.75, 3.05) is 0 Å². The molecule has 0 spiro atoms. The van der Waals surface area contributed by atoms with Crippen molar-refractivity contribution >= 4 is 12.0 Å². The van der Waals surface area contributed by atoms with Crippen LogP contribution in [0.4, 0.5) is 0 Å². The smallest absolute Gasteiger partial charge is 0.241 e. The zero-order valence-corrected chi connectivity index (χ0v) is 13.2. The highest BCUT2D eigenvalue weighted by molar-refractivity contribution is 5.90. The molecule has 0 heterocycles. The molecule has 0 aliphatic carbocycles. The Hall–Kier alpha value is -1.77. The van der Waals surface area contributed by atoms with Gasteiger partial charge < -0.3 is 10.8 Å². The summed E-state index contributed by atoms with van der Waals surface area (Å²) in [5.41, 5.74) is 7.52. The first-order valence-corrected chi connectivity index (χ1v) is 6.78. The lowest BCUT2D eigenvalue weighted by molar-refractivity contribution is -0.113. The molecule has 1 rings (SSSR count). The van der Waals surface area contributed by atoms with Crippen LogP contribution in [0.3, 0.4) is 0 Å². The molecule has 3 heteroatoms. The first-order valence-electron chi connectivity index (χ1n) is 6.78. The van der Waals surface area contributed by atoms with E-state index >= 15 is 0 Å². The molecule has 1 amide bonds. The molecule has 0 radical (unpaired) electrons. The molecule has 0 unspecified atom stereocenters. The summed E-state index contributed by atoms with van der Waals surface area (Å²) in [6, 6.07) is 3.95. The first-order chi connectivity index (χ1) is 8.93. The van der Waals surface area contributed by atoms with Crippen molar-refractivity contribution in [2.45, 2.75) is 52.4 Å². The zero-order chi connectivity index (χ0) is 15.7. The molecule has 20 heavy (non-hydrogen) atoms. The van der Waals surface area contributed by atoms with Gasteiger partial charge in [0.15, 0.2) is 0 Å². The van der Waals surface area contributed by atoms with Crippen LogP contribution in [0.15, 0.2) is 18.2 Å². The van der Waals surface area contributed by atoms with E-state index in [4.69, 9.17) is 5.73 Å². The number of nitrogens with two attached hydrogens (primary N) is 1. The third-order valence-electron chi connectivity index (χ3n) is 3.24. The van der Waals surface area contributed by atoms with Crippen LogP contribution < -0.4 is 5.73 Å². The second-order valence-electron chi connectivity index (χ2n) is 7.20. The summed E-state index contributed by atoms with van der Waals surface area (Å²) in [5, 5.41) is 10.4. The summed E-state index contributed by atoms with van der Waals surface area (Å²) < 4.78 is 0. The predicted molar refractivity (Wildman–Crippen MR) is 83.7 cm³/mol. The molecule has 0 saturated carbocycles. The standard InChI is InChI=1S/C17H25NO2/c1-16(2,3)12-9-11(7-8-14(18)19)15(20)13(10-12)17(4,5)6/h7-10,20H,1-6H3,(H2,18,19)/b8-7-. The Kier molecular flexibility index (Phi) is 4.33. The van der Waals surface area contributed by atoms with Gasteiger partial charge >= 0.3 is 0 Å². The third-order valence-corrected chi connectivity index (χ3v) is 3.24. The van der Waals surface area contributed by atoms with Crippen LogP contribution >= 0.6 is 0 Å². The maximum atomic E-state index is 10.9. The van der Waals surface area contributed by atoms with Gasteiger partial charge in [-0.15, -0.1) is 0 Å². The fourth-order valence-corrected chi connectivity index (χ4v) is 1.96.